The topological polar surface area (TPSA) is 50.4 Å². The lowest BCUT2D eigenvalue weighted by Crippen LogP contribution is -2.20. The van der Waals surface area contributed by atoms with E-state index in [9.17, 15) is 4.79 Å². The molecular formula is C21H17Br2ClN2O2. The van der Waals surface area contributed by atoms with Crippen molar-refractivity contribution < 1.29 is 9.53 Å². The zero-order valence-electron chi connectivity index (χ0n) is 14.7. The van der Waals surface area contributed by atoms with E-state index in [1.807, 2.05) is 66.7 Å². The Labute approximate surface area is 185 Å². The monoisotopic (exact) mass is 522 g/mol. The van der Waals surface area contributed by atoms with Crippen molar-refractivity contribution in [2.75, 3.05) is 17.2 Å². The fourth-order valence-electron chi connectivity index (χ4n) is 2.48. The number of carbonyl (C=O) groups excluding carboxylic acids is 1. The molecule has 2 N–H and O–H groups in total. The van der Waals surface area contributed by atoms with Crippen LogP contribution in [-0.2, 0) is 11.3 Å². The van der Waals surface area contributed by atoms with E-state index in [1.54, 1.807) is 0 Å². The number of carbonyl (C=O) groups is 1. The van der Waals surface area contributed by atoms with Gasteiger partial charge in [-0.3, -0.25) is 4.79 Å². The number of nitrogens with one attached hydrogen (secondary N) is 2. The summed E-state index contributed by atoms with van der Waals surface area (Å²) in [6, 6.07) is 20.7. The van der Waals surface area contributed by atoms with Gasteiger partial charge in [0.15, 0.2) is 6.61 Å². The smallest absolute Gasteiger partial charge is 0.262 e. The van der Waals surface area contributed by atoms with Crippen LogP contribution < -0.4 is 15.4 Å². The highest BCUT2D eigenvalue weighted by atomic mass is 79.9. The molecule has 0 unspecified atom stereocenters. The Bertz CT molecular complexity index is 927. The molecule has 0 saturated heterocycles. The Morgan fingerprint density at radius 2 is 1.57 bits per heavy atom. The van der Waals surface area contributed by atoms with Crippen molar-refractivity contribution in [1.29, 1.82) is 0 Å². The maximum atomic E-state index is 12.1. The second kappa shape index (κ2) is 9.96. The number of ether oxygens (including phenoxy) is 1. The second-order valence-corrected chi connectivity index (χ2v) is 8.10. The van der Waals surface area contributed by atoms with Gasteiger partial charge in [0.1, 0.15) is 5.75 Å². The maximum absolute atomic E-state index is 12.1. The van der Waals surface area contributed by atoms with Crippen molar-refractivity contribution in [3.05, 3.63) is 86.3 Å². The third kappa shape index (κ3) is 5.99. The zero-order chi connectivity index (χ0) is 19.9. The van der Waals surface area contributed by atoms with E-state index in [0.29, 0.717) is 17.3 Å². The number of para-hydroxylation sites is 1. The van der Waals surface area contributed by atoms with Gasteiger partial charge in [-0.15, -0.1) is 0 Å². The van der Waals surface area contributed by atoms with Crippen LogP contribution in [0.3, 0.4) is 0 Å². The summed E-state index contributed by atoms with van der Waals surface area (Å²) < 4.78 is 7.22. The molecule has 4 nitrogen and oxygen atoms in total. The van der Waals surface area contributed by atoms with E-state index < -0.39 is 0 Å². The van der Waals surface area contributed by atoms with Crippen LogP contribution in [0.15, 0.2) is 75.7 Å². The fraction of sp³-hybridized carbons (Fsp3) is 0.0952. The number of anilines is 2. The first-order valence-electron chi connectivity index (χ1n) is 8.46. The van der Waals surface area contributed by atoms with Crippen molar-refractivity contribution >= 4 is 60.7 Å². The molecule has 0 radical (unpaired) electrons. The molecule has 0 saturated carbocycles. The molecule has 0 bridgehead atoms. The molecule has 0 fully saturated rings. The van der Waals surface area contributed by atoms with Crippen molar-refractivity contribution in [1.82, 2.24) is 0 Å². The molecule has 3 aromatic rings. The van der Waals surface area contributed by atoms with E-state index >= 15 is 0 Å². The Morgan fingerprint density at radius 1 is 0.929 bits per heavy atom. The molecule has 3 aromatic carbocycles. The standard InChI is InChI=1S/C21H17Br2ClN2O2/c22-18-10-14(12-25-16-8-6-15(24)7-9-16)11-19(23)21(18)28-13-20(27)26-17-4-2-1-3-5-17/h1-11,25H,12-13H2,(H,26,27). The van der Waals surface area contributed by atoms with Crippen LogP contribution in [0.5, 0.6) is 5.75 Å². The summed E-state index contributed by atoms with van der Waals surface area (Å²) in [6.07, 6.45) is 0. The summed E-state index contributed by atoms with van der Waals surface area (Å²) in [7, 11) is 0. The Kier molecular flexibility index (Phi) is 7.36. The van der Waals surface area contributed by atoms with Gasteiger partial charge < -0.3 is 15.4 Å². The summed E-state index contributed by atoms with van der Waals surface area (Å²) in [5.74, 6) is 0.358. The lowest BCUT2D eigenvalue weighted by atomic mass is 10.2. The largest absolute Gasteiger partial charge is 0.481 e. The van der Waals surface area contributed by atoms with E-state index in [2.05, 4.69) is 42.5 Å². The van der Waals surface area contributed by atoms with Gasteiger partial charge in [0.2, 0.25) is 0 Å². The summed E-state index contributed by atoms with van der Waals surface area (Å²) >= 11 is 12.9. The minimum absolute atomic E-state index is 0.0888. The van der Waals surface area contributed by atoms with Gasteiger partial charge >= 0.3 is 0 Å². The molecule has 0 aromatic heterocycles. The van der Waals surface area contributed by atoms with Gasteiger partial charge in [-0.2, -0.15) is 0 Å². The van der Waals surface area contributed by atoms with E-state index in [4.69, 9.17) is 16.3 Å². The van der Waals surface area contributed by atoms with Gasteiger partial charge in [-0.25, -0.2) is 0 Å². The molecule has 0 atom stereocenters. The van der Waals surface area contributed by atoms with Crippen molar-refractivity contribution in [3.63, 3.8) is 0 Å². The van der Waals surface area contributed by atoms with E-state index in [1.165, 1.54) is 0 Å². The summed E-state index contributed by atoms with van der Waals surface area (Å²) in [4.78, 5) is 12.1. The SMILES string of the molecule is O=C(COc1c(Br)cc(CNc2ccc(Cl)cc2)cc1Br)Nc1ccccc1. The predicted molar refractivity (Wildman–Crippen MR) is 121 cm³/mol. The van der Waals surface area contributed by atoms with E-state index in [0.717, 1.165) is 25.9 Å². The summed E-state index contributed by atoms with van der Waals surface area (Å²) in [5.41, 5.74) is 2.77. The van der Waals surface area contributed by atoms with Gasteiger partial charge in [-0.05, 0) is 86.0 Å². The fourth-order valence-corrected chi connectivity index (χ4v) is 4.12. The number of benzene rings is 3. The highest BCUT2D eigenvalue weighted by Crippen LogP contribution is 2.35. The van der Waals surface area contributed by atoms with Gasteiger partial charge in [0.25, 0.3) is 5.91 Å². The van der Waals surface area contributed by atoms with Crippen molar-refractivity contribution in [2.24, 2.45) is 0 Å². The molecule has 0 aliphatic rings. The molecule has 0 heterocycles. The number of rotatable bonds is 7. The predicted octanol–water partition coefficient (Wildman–Crippen LogP) is 6.49. The highest BCUT2D eigenvalue weighted by molar-refractivity contribution is 9.11. The number of hydrogen-bond donors (Lipinski definition) is 2. The van der Waals surface area contributed by atoms with Crippen molar-refractivity contribution in [2.45, 2.75) is 6.54 Å². The van der Waals surface area contributed by atoms with Crippen LogP contribution in [0.1, 0.15) is 5.56 Å². The Morgan fingerprint density at radius 3 is 2.21 bits per heavy atom. The summed E-state index contributed by atoms with van der Waals surface area (Å²) in [5, 5.41) is 6.83. The van der Waals surface area contributed by atoms with Crippen LogP contribution in [0.4, 0.5) is 11.4 Å². The van der Waals surface area contributed by atoms with Gasteiger partial charge in [0.05, 0.1) is 8.95 Å². The first kappa shape index (κ1) is 20.7. The van der Waals surface area contributed by atoms with Crippen LogP contribution in [0, 0.1) is 0 Å². The lowest BCUT2D eigenvalue weighted by Gasteiger charge is -2.13. The maximum Gasteiger partial charge on any atom is 0.262 e. The molecule has 0 aliphatic heterocycles. The average Bonchev–Trinajstić information content (AvgIpc) is 2.67. The number of amides is 1. The molecule has 1 amide bonds. The molecule has 3 rings (SSSR count). The van der Waals surface area contributed by atoms with Crippen LogP contribution in [-0.4, -0.2) is 12.5 Å². The summed E-state index contributed by atoms with van der Waals surface area (Å²) in [6.45, 7) is 0.544. The normalized spacial score (nSPS) is 10.4. The van der Waals surface area contributed by atoms with E-state index in [-0.39, 0.29) is 12.5 Å². The number of halogens is 3. The minimum Gasteiger partial charge on any atom is -0.481 e. The molecule has 0 aliphatic carbocycles. The lowest BCUT2D eigenvalue weighted by molar-refractivity contribution is -0.118. The molecule has 144 valence electrons. The molecule has 0 spiro atoms. The third-order valence-electron chi connectivity index (χ3n) is 3.80. The van der Waals surface area contributed by atoms with Crippen molar-refractivity contribution in [3.8, 4) is 5.75 Å². The first-order valence-corrected chi connectivity index (χ1v) is 10.4. The molecule has 7 heteroatoms. The van der Waals surface area contributed by atoms with Crippen LogP contribution in [0.2, 0.25) is 5.02 Å². The molecule has 28 heavy (non-hydrogen) atoms. The second-order valence-electron chi connectivity index (χ2n) is 5.95. The third-order valence-corrected chi connectivity index (χ3v) is 5.23. The Balaban J connectivity index is 1.58. The average molecular weight is 525 g/mol. The zero-order valence-corrected chi connectivity index (χ0v) is 18.6. The highest BCUT2D eigenvalue weighted by Gasteiger charge is 2.12. The van der Waals surface area contributed by atoms with Crippen LogP contribution in [0.25, 0.3) is 0 Å². The number of hydrogen-bond acceptors (Lipinski definition) is 3. The van der Waals surface area contributed by atoms with Crippen LogP contribution >= 0.6 is 43.5 Å². The van der Waals surface area contributed by atoms with Gasteiger partial charge in [0, 0.05) is 22.9 Å². The quantitative estimate of drug-likeness (QED) is 0.371. The minimum atomic E-state index is -0.224. The van der Waals surface area contributed by atoms with Gasteiger partial charge in [-0.1, -0.05) is 29.8 Å². The first-order chi connectivity index (χ1) is 13.5. The Hall–Kier alpha value is -2.02. The molecular weight excluding hydrogens is 508 g/mol.